The Morgan fingerprint density at radius 1 is 1.50 bits per heavy atom. The summed E-state index contributed by atoms with van der Waals surface area (Å²) in [6.45, 7) is 1.90. The van der Waals surface area contributed by atoms with Gasteiger partial charge < -0.3 is 16.2 Å². The molecular weight excluding hydrogens is 128 g/mol. The Hall–Kier alpha value is -0.960. The molecule has 0 bridgehead atoms. The minimum atomic E-state index is 0.00444. The quantitative estimate of drug-likeness (QED) is 0.558. The van der Waals surface area contributed by atoms with Gasteiger partial charge in [-0.2, -0.15) is 0 Å². The van der Waals surface area contributed by atoms with Gasteiger partial charge in [0.15, 0.2) is 0 Å². The van der Waals surface area contributed by atoms with Crippen LogP contribution in [0, 0.1) is 0 Å². The summed E-state index contributed by atoms with van der Waals surface area (Å²) in [5.74, 6) is 0. The molecule has 0 radical (unpaired) electrons. The smallest absolute Gasteiger partial charge is 0.0807 e. The second kappa shape index (κ2) is 4.88. The molecule has 58 valence electrons. The first-order valence-electron chi connectivity index (χ1n) is 3.09. The summed E-state index contributed by atoms with van der Waals surface area (Å²) in [6, 6.07) is 0. The van der Waals surface area contributed by atoms with Gasteiger partial charge in [0.2, 0.25) is 0 Å². The van der Waals surface area contributed by atoms with Gasteiger partial charge >= 0.3 is 0 Å². The molecule has 0 aromatic heterocycles. The fraction of sp³-hybridized carbons (Fsp3) is 0.429. The Kier molecular flexibility index (Phi) is 4.41. The Morgan fingerprint density at radius 2 is 2.10 bits per heavy atom. The highest BCUT2D eigenvalue weighted by atomic mass is 16.5. The van der Waals surface area contributed by atoms with Gasteiger partial charge in [0.25, 0.3) is 0 Å². The SMILES string of the molecule is COC(C)C(/C=C\N)=C/N. The van der Waals surface area contributed by atoms with Crippen LogP contribution in [-0.2, 0) is 4.74 Å². The third-order valence-corrected chi connectivity index (χ3v) is 1.30. The largest absolute Gasteiger partial charge is 0.405 e. The minimum absolute atomic E-state index is 0.00444. The number of methoxy groups -OCH3 is 1. The van der Waals surface area contributed by atoms with Crippen LogP contribution in [0.25, 0.3) is 0 Å². The van der Waals surface area contributed by atoms with Crippen molar-refractivity contribution in [2.75, 3.05) is 7.11 Å². The molecule has 0 aliphatic carbocycles. The van der Waals surface area contributed by atoms with Crippen LogP contribution >= 0.6 is 0 Å². The van der Waals surface area contributed by atoms with Gasteiger partial charge in [-0.3, -0.25) is 0 Å². The van der Waals surface area contributed by atoms with Crippen molar-refractivity contribution < 1.29 is 4.74 Å². The second-order valence-corrected chi connectivity index (χ2v) is 1.90. The van der Waals surface area contributed by atoms with E-state index in [-0.39, 0.29) is 6.10 Å². The zero-order valence-corrected chi connectivity index (χ0v) is 6.37. The fourth-order valence-electron chi connectivity index (χ4n) is 0.574. The van der Waals surface area contributed by atoms with Gasteiger partial charge in [-0.1, -0.05) is 0 Å². The van der Waals surface area contributed by atoms with Gasteiger partial charge in [0.1, 0.15) is 0 Å². The van der Waals surface area contributed by atoms with Crippen LogP contribution < -0.4 is 11.5 Å². The zero-order valence-electron chi connectivity index (χ0n) is 6.37. The van der Waals surface area contributed by atoms with E-state index in [0.29, 0.717) is 0 Å². The second-order valence-electron chi connectivity index (χ2n) is 1.90. The van der Waals surface area contributed by atoms with E-state index >= 15 is 0 Å². The lowest BCUT2D eigenvalue weighted by Gasteiger charge is -2.08. The minimum Gasteiger partial charge on any atom is -0.405 e. The predicted octanol–water partition coefficient (Wildman–Crippen LogP) is 0.336. The van der Waals surface area contributed by atoms with E-state index in [1.165, 1.54) is 12.4 Å². The lowest BCUT2D eigenvalue weighted by atomic mass is 10.2. The summed E-state index contributed by atoms with van der Waals surface area (Å²) in [7, 11) is 1.62. The van der Waals surface area contributed by atoms with Crippen molar-refractivity contribution in [3.8, 4) is 0 Å². The standard InChI is InChI=1S/C7H14N2O/c1-6(10-2)7(5-9)3-4-8/h3-6H,8-9H2,1-2H3/b4-3-,7-5+. The van der Waals surface area contributed by atoms with E-state index in [1.54, 1.807) is 13.2 Å². The van der Waals surface area contributed by atoms with E-state index in [0.717, 1.165) is 5.57 Å². The number of rotatable bonds is 3. The highest BCUT2D eigenvalue weighted by molar-refractivity contribution is 5.20. The molecule has 10 heavy (non-hydrogen) atoms. The Labute approximate surface area is 61.3 Å². The highest BCUT2D eigenvalue weighted by Crippen LogP contribution is 2.04. The highest BCUT2D eigenvalue weighted by Gasteiger charge is 2.01. The Bertz CT molecular complexity index is 141. The van der Waals surface area contributed by atoms with Crippen LogP contribution in [-0.4, -0.2) is 13.2 Å². The molecule has 0 aromatic carbocycles. The van der Waals surface area contributed by atoms with Gasteiger partial charge in [-0.15, -0.1) is 0 Å². The predicted molar refractivity (Wildman–Crippen MR) is 42.1 cm³/mol. The molecule has 1 unspecified atom stereocenters. The van der Waals surface area contributed by atoms with E-state index in [9.17, 15) is 0 Å². The lowest BCUT2D eigenvalue weighted by Crippen LogP contribution is -2.08. The summed E-state index contributed by atoms with van der Waals surface area (Å²) in [5, 5.41) is 0. The van der Waals surface area contributed by atoms with E-state index in [2.05, 4.69) is 0 Å². The maximum Gasteiger partial charge on any atom is 0.0807 e. The number of nitrogens with two attached hydrogens (primary N) is 2. The van der Waals surface area contributed by atoms with Gasteiger partial charge in [-0.25, -0.2) is 0 Å². The summed E-state index contributed by atoms with van der Waals surface area (Å²) < 4.78 is 5.00. The number of hydrogen-bond donors (Lipinski definition) is 2. The molecule has 0 aliphatic rings. The third-order valence-electron chi connectivity index (χ3n) is 1.30. The maximum atomic E-state index is 5.29. The average molecular weight is 142 g/mol. The molecule has 3 heteroatoms. The topological polar surface area (TPSA) is 61.3 Å². The number of hydrogen-bond acceptors (Lipinski definition) is 3. The van der Waals surface area contributed by atoms with Crippen LogP contribution in [0.15, 0.2) is 24.0 Å². The van der Waals surface area contributed by atoms with E-state index < -0.39 is 0 Å². The molecule has 0 spiro atoms. The van der Waals surface area contributed by atoms with Crippen LogP contribution in [0.5, 0.6) is 0 Å². The zero-order chi connectivity index (χ0) is 7.98. The lowest BCUT2D eigenvalue weighted by molar-refractivity contribution is 0.149. The molecular formula is C7H14N2O. The summed E-state index contributed by atoms with van der Waals surface area (Å²) >= 11 is 0. The molecule has 0 heterocycles. The molecule has 0 rings (SSSR count). The monoisotopic (exact) mass is 142 g/mol. The number of ether oxygens (including phenoxy) is 1. The van der Waals surface area contributed by atoms with E-state index in [4.69, 9.17) is 16.2 Å². The molecule has 0 aromatic rings. The van der Waals surface area contributed by atoms with Crippen molar-refractivity contribution >= 4 is 0 Å². The molecule has 0 aliphatic heterocycles. The first-order chi connectivity index (χ1) is 4.76. The van der Waals surface area contributed by atoms with Crippen LogP contribution in [0.2, 0.25) is 0 Å². The summed E-state index contributed by atoms with van der Waals surface area (Å²) in [6.07, 6.45) is 4.64. The third kappa shape index (κ3) is 2.55. The van der Waals surface area contributed by atoms with Crippen molar-refractivity contribution in [3.63, 3.8) is 0 Å². The molecule has 3 nitrogen and oxygen atoms in total. The van der Waals surface area contributed by atoms with Crippen LogP contribution in [0.1, 0.15) is 6.92 Å². The maximum absolute atomic E-state index is 5.29. The van der Waals surface area contributed by atoms with Crippen molar-refractivity contribution in [2.24, 2.45) is 11.5 Å². The molecule has 0 saturated heterocycles. The summed E-state index contributed by atoms with van der Waals surface area (Å²) in [5.41, 5.74) is 11.3. The molecule has 0 fully saturated rings. The molecule has 4 N–H and O–H groups in total. The van der Waals surface area contributed by atoms with Crippen molar-refractivity contribution in [1.29, 1.82) is 0 Å². The van der Waals surface area contributed by atoms with Crippen LogP contribution in [0.3, 0.4) is 0 Å². The Balaban J connectivity index is 4.08. The van der Waals surface area contributed by atoms with Crippen LogP contribution in [0.4, 0.5) is 0 Å². The first-order valence-corrected chi connectivity index (χ1v) is 3.09. The Morgan fingerprint density at radius 3 is 2.40 bits per heavy atom. The van der Waals surface area contributed by atoms with Crippen molar-refractivity contribution in [3.05, 3.63) is 24.0 Å². The fourth-order valence-corrected chi connectivity index (χ4v) is 0.574. The van der Waals surface area contributed by atoms with Gasteiger partial charge in [0, 0.05) is 7.11 Å². The molecule has 0 amide bonds. The van der Waals surface area contributed by atoms with Crippen molar-refractivity contribution in [1.82, 2.24) is 0 Å². The van der Waals surface area contributed by atoms with E-state index in [1.807, 2.05) is 6.92 Å². The molecule has 1 atom stereocenters. The molecule has 0 saturated carbocycles. The van der Waals surface area contributed by atoms with Gasteiger partial charge in [0.05, 0.1) is 6.10 Å². The van der Waals surface area contributed by atoms with Gasteiger partial charge in [-0.05, 0) is 31.0 Å². The van der Waals surface area contributed by atoms with Crippen molar-refractivity contribution in [2.45, 2.75) is 13.0 Å². The average Bonchev–Trinajstić information content (AvgIpc) is 1.99. The normalized spacial score (nSPS) is 16.0. The summed E-state index contributed by atoms with van der Waals surface area (Å²) in [4.78, 5) is 0. The first kappa shape index (κ1) is 9.04.